The van der Waals surface area contributed by atoms with E-state index in [1.165, 1.54) is 31.3 Å². The van der Waals surface area contributed by atoms with Crippen LogP contribution in [0, 0.1) is 5.82 Å². The smallest absolute Gasteiger partial charge is 0.246 e. The van der Waals surface area contributed by atoms with Crippen LogP contribution in [0.1, 0.15) is 5.56 Å². The molecule has 112 valence electrons. The summed E-state index contributed by atoms with van der Waals surface area (Å²) < 4.78 is 39.7. The summed E-state index contributed by atoms with van der Waals surface area (Å²) in [6.45, 7) is -0.111. The zero-order valence-corrected chi connectivity index (χ0v) is 12.8. The van der Waals surface area contributed by atoms with E-state index in [0.717, 1.165) is 4.31 Å². The van der Waals surface area contributed by atoms with E-state index in [1.807, 2.05) is 0 Å². The van der Waals surface area contributed by atoms with E-state index >= 15 is 0 Å². The van der Waals surface area contributed by atoms with Crippen LogP contribution in [0.4, 0.5) is 10.1 Å². The van der Waals surface area contributed by atoms with Crippen LogP contribution in [0.15, 0.2) is 47.4 Å². The summed E-state index contributed by atoms with van der Waals surface area (Å²) in [5.41, 5.74) is 6.03. The van der Waals surface area contributed by atoms with Gasteiger partial charge in [-0.1, -0.05) is 35.9 Å². The molecule has 0 spiro atoms. The molecule has 0 saturated heterocycles. The molecule has 0 amide bonds. The summed E-state index contributed by atoms with van der Waals surface area (Å²) in [6, 6.07) is 10.4. The van der Waals surface area contributed by atoms with E-state index in [1.54, 1.807) is 18.2 Å². The lowest BCUT2D eigenvalue weighted by Crippen LogP contribution is -2.27. The molecule has 0 aliphatic carbocycles. The van der Waals surface area contributed by atoms with Crippen LogP contribution in [-0.2, 0) is 16.6 Å². The van der Waals surface area contributed by atoms with Crippen molar-refractivity contribution in [3.05, 3.63) is 58.9 Å². The van der Waals surface area contributed by atoms with Crippen molar-refractivity contribution in [2.75, 3.05) is 12.8 Å². The Hall–Kier alpha value is -1.63. The highest BCUT2D eigenvalue weighted by molar-refractivity contribution is 7.89. The Kier molecular flexibility index (Phi) is 4.51. The average Bonchev–Trinajstić information content (AvgIpc) is 2.40. The third kappa shape index (κ3) is 3.18. The molecule has 0 atom stereocenters. The summed E-state index contributed by atoms with van der Waals surface area (Å²) in [5, 5.41) is 0.0374. The SMILES string of the molecule is CN(Cc1ccccc1F)S(=O)(=O)c1c(N)cccc1Cl. The fraction of sp³-hybridized carbons (Fsp3) is 0.143. The molecule has 0 bridgehead atoms. The predicted molar refractivity (Wildman–Crippen MR) is 80.9 cm³/mol. The third-order valence-corrected chi connectivity index (χ3v) is 5.36. The van der Waals surface area contributed by atoms with Gasteiger partial charge in [0, 0.05) is 19.2 Å². The van der Waals surface area contributed by atoms with E-state index in [9.17, 15) is 12.8 Å². The summed E-state index contributed by atoms with van der Waals surface area (Å²) in [5.74, 6) is -0.466. The number of nitrogen functional groups attached to an aromatic ring is 1. The number of sulfonamides is 1. The monoisotopic (exact) mass is 328 g/mol. The van der Waals surface area contributed by atoms with Crippen molar-refractivity contribution < 1.29 is 12.8 Å². The Labute approximate surface area is 128 Å². The first-order chi connectivity index (χ1) is 9.84. The number of hydrogen-bond acceptors (Lipinski definition) is 3. The van der Waals surface area contributed by atoms with Gasteiger partial charge in [0.1, 0.15) is 10.7 Å². The summed E-state index contributed by atoms with van der Waals surface area (Å²) in [6.07, 6.45) is 0. The minimum atomic E-state index is -3.91. The van der Waals surface area contributed by atoms with Crippen molar-refractivity contribution >= 4 is 27.3 Å². The van der Waals surface area contributed by atoms with Crippen molar-refractivity contribution in [3.63, 3.8) is 0 Å². The maximum Gasteiger partial charge on any atom is 0.246 e. The van der Waals surface area contributed by atoms with Crippen LogP contribution in [0.3, 0.4) is 0 Å². The minimum Gasteiger partial charge on any atom is -0.398 e. The van der Waals surface area contributed by atoms with Crippen LogP contribution < -0.4 is 5.73 Å². The van der Waals surface area contributed by atoms with Gasteiger partial charge in [-0.3, -0.25) is 0 Å². The van der Waals surface area contributed by atoms with Gasteiger partial charge in [0.25, 0.3) is 0 Å². The van der Waals surface area contributed by atoms with Gasteiger partial charge in [0.15, 0.2) is 0 Å². The number of hydrogen-bond donors (Lipinski definition) is 1. The molecule has 4 nitrogen and oxygen atoms in total. The van der Waals surface area contributed by atoms with Gasteiger partial charge in [-0.05, 0) is 18.2 Å². The molecule has 21 heavy (non-hydrogen) atoms. The summed E-state index contributed by atoms with van der Waals surface area (Å²) >= 11 is 5.93. The molecule has 0 heterocycles. The van der Waals surface area contributed by atoms with Gasteiger partial charge in [-0.15, -0.1) is 0 Å². The zero-order chi connectivity index (χ0) is 15.6. The number of nitrogens with two attached hydrogens (primary N) is 1. The van der Waals surface area contributed by atoms with Crippen molar-refractivity contribution in [2.24, 2.45) is 0 Å². The molecule has 0 radical (unpaired) electrons. The first kappa shape index (κ1) is 15.8. The van der Waals surface area contributed by atoms with Crippen molar-refractivity contribution in [3.8, 4) is 0 Å². The van der Waals surface area contributed by atoms with Crippen LogP contribution in [0.5, 0.6) is 0 Å². The fourth-order valence-corrected chi connectivity index (χ4v) is 3.68. The molecule has 0 aromatic heterocycles. The van der Waals surface area contributed by atoms with Gasteiger partial charge in [0.2, 0.25) is 10.0 Å². The molecule has 0 unspecified atom stereocenters. The number of nitrogens with zero attached hydrogens (tertiary/aromatic N) is 1. The lowest BCUT2D eigenvalue weighted by Gasteiger charge is -2.19. The fourth-order valence-electron chi connectivity index (χ4n) is 1.90. The largest absolute Gasteiger partial charge is 0.398 e. The number of anilines is 1. The molecule has 7 heteroatoms. The van der Waals surface area contributed by atoms with Gasteiger partial charge in [0.05, 0.1) is 10.7 Å². The molecule has 2 aromatic rings. The second-order valence-electron chi connectivity index (χ2n) is 4.51. The summed E-state index contributed by atoms with van der Waals surface area (Å²) in [4.78, 5) is -0.162. The highest BCUT2D eigenvalue weighted by atomic mass is 35.5. The number of benzene rings is 2. The molecule has 2 aromatic carbocycles. The van der Waals surface area contributed by atoms with Gasteiger partial charge in [-0.2, -0.15) is 4.31 Å². The molecule has 2 rings (SSSR count). The van der Waals surface area contributed by atoms with E-state index in [-0.39, 0.29) is 27.7 Å². The molecule has 0 aliphatic heterocycles. The van der Waals surface area contributed by atoms with Crippen molar-refractivity contribution in [1.29, 1.82) is 0 Å². The van der Waals surface area contributed by atoms with E-state index in [0.29, 0.717) is 0 Å². The highest BCUT2D eigenvalue weighted by Gasteiger charge is 2.26. The first-order valence-corrected chi connectivity index (χ1v) is 7.89. The summed E-state index contributed by atoms with van der Waals surface area (Å²) in [7, 11) is -2.55. The van der Waals surface area contributed by atoms with Crippen LogP contribution in [-0.4, -0.2) is 19.8 Å². The Morgan fingerprint density at radius 1 is 1.19 bits per heavy atom. The maximum absolute atomic E-state index is 13.6. The quantitative estimate of drug-likeness (QED) is 0.878. The molecule has 2 N–H and O–H groups in total. The normalized spacial score (nSPS) is 11.8. The lowest BCUT2D eigenvalue weighted by atomic mass is 10.2. The van der Waals surface area contributed by atoms with Crippen molar-refractivity contribution in [1.82, 2.24) is 4.31 Å². The Morgan fingerprint density at radius 2 is 1.86 bits per heavy atom. The maximum atomic E-state index is 13.6. The topological polar surface area (TPSA) is 63.4 Å². The van der Waals surface area contributed by atoms with Crippen LogP contribution in [0.25, 0.3) is 0 Å². The number of rotatable bonds is 4. The highest BCUT2D eigenvalue weighted by Crippen LogP contribution is 2.30. The van der Waals surface area contributed by atoms with Gasteiger partial charge < -0.3 is 5.73 Å². The van der Waals surface area contributed by atoms with Gasteiger partial charge >= 0.3 is 0 Å². The van der Waals surface area contributed by atoms with Gasteiger partial charge in [-0.25, -0.2) is 12.8 Å². The van der Waals surface area contributed by atoms with E-state index in [4.69, 9.17) is 17.3 Å². The average molecular weight is 329 g/mol. The Morgan fingerprint density at radius 3 is 2.48 bits per heavy atom. The number of halogens is 2. The molecule has 0 aliphatic rings. The predicted octanol–water partition coefficient (Wildman–Crippen LogP) is 2.88. The lowest BCUT2D eigenvalue weighted by molar-refractivity contribution is 0.456. The molecular weight excluding hydrogens is 315 g/mol. The van der Waals surface area contributed by atoms with Crippen molar-refractivity contribution in [2.45, 2.75) is 11.4 Å². The molecule has 0 saturated carbocycles. The second kappa shape index (κ2) is 6.01. The zero-order valence-electron chi connectivity index (χ0n) is 11.3. The Bertz CT molecular complexity index is 745. The van der Waals surface area contributed by atoms with Crippen LogP contribution in [0.2, 0.25) is 5.02 Å². The Balaban J connectivity index is 2.38. The van der Waals surface area contributed by atoms with E-state index < -0.39 is 15.8 Å². The standard InChI is InChI=1S/C14H14ClFN2O2S/c1-18(9-10-5-2-3-7-12(10)16)21(19,20)14-11(15)6-4-8-13(14)17/h2-8H,9,17H2,1H3. The van der Waals surface area contributed by atoms with Crippen LogP contribution >= 0.6 is 11.6 Å². The molecule has 0 fully saturated rings. The second-order valence-corrected chi connectivity index (χ2v) is 6.90. The third-order valence-electron chi connectivity index (χ3n) is 3.02. The minimum absolute atomic E-state index is 0.0374. The first-order valence-electron chi connectivity index (χ1n) is 6.08. The van der Waals surface area contributed by atoms with E-state index in [2.05, 4.69) is 0 Å². The molecular formula is C14H14ClFN2O2S.